The van der Waals surface area contributed by atoms with Crippen molar-refractivity contribution in [3.63, 3.8) is 0 Å². The normalized spacial score (nSPS) is 11.4. The van der Waals surface area contributed by atoms with Gasteiger partial charge in [-0.05, 0) is 24.6 Å². The van der Waals surface area contributed by atoms with Gasteiger partial charge in [0.25, 0.3) is 0 Å². The van der Waals surface area contributed by atoms with Gasteiger partial charge < -0.3 is 5.32 Å². The van der Waals surface area contributed by atoms with E-state index < -0.39 is 17.6 Å². The number of carbonyl (C=O) groups excluding carboxylic acids is 1. The third kappa shape index (κ3) is 4.07. The van der Waals surface area contributed by atoms with E-state index in [0.717, 1.165) is 10.2 Å². The fraction of sp³-hybridized carbons (Fsp3) is 0.150. The second kappa shape index (κ2) is 8.06. The van der Waals surface area contributed by atoms with E-state index in [1.807, 2.05) is 36.4 Å². The lowest BCUT2D eigenvalue weighted by atomic mass is 10.1. The highest BCUT2D eigenvalue weighted by Crippen LogP contribution is 2.16. The molecule has 0 radical (unpaired) electrons. The summed E-state index contributed by atoms with van der Waals surface area (Å²) in [6.45, 7) is 1.79. The molecule has 3 aromatic rings. The third-order valence-electron chi connectivity index (χ3n) is 4.03. The number of nitrogens with one attached hydrogen (secondary N) is 1. The summed E-state index contributed by atoms with van der Waals surface area (Å²) in [6.07, 6.45) is 1.84. The summed E-state index contributed by atoms with van der Waals surface area (Å²) in [7, 11) is 0. The Bertz CT molecular complexity index is 1050. The van der Waals surface area contributed by atoms with Gasteiger partial charge in [-0.25, -0.2) is 9.48 Å². The van der Waals surface area contributed by atoms with Gasteiger partial charge in [0.15, 0.2) is 0 Å². The van der Waals surface area contributed by atoms with Crippen LogP contribution in [0.25, 0.3) is 11.3 Å². The first-order valence-corrected chi connectivity index (χ1v) is 8.44. The van der Waals surface area contributed by atoms with Crippen molar-refractivity contribution in [2.45, 2.75) is 19.4 Å². The minimum absolute atomic E-state index is 0.364. The maximum Gasteiger partial charge on any atom is 0.365 e. The number of rotatable bonds is 5. The van der Waals surface area contributed by atoms with Gasteiger partial charge in [-0.2, -0.15) is 15.3 Å². The highest BCUT2D eigenvalue weighted by Gasteiger charge is 2.22. The van der Waals surface area contributed by atoms with Crippen molar-refractivity contribution in [1.82, 2.24) is 14.8 Å². The zero-order chi connectivity index (χ0) is 19.2. The molecule has 1 amide bonds. The van der Waals surface area contributed by atoms with Crippen LogP contribution in [0.15, 0.2) is 65.6 Å². The van der Waals surface area contributed by atoms with Crippen LogP contribution in [0.3, 0.4) is 0 Å². The summed E-state index contributed by atoms with van der Waals surface area (Å²) in [5.74, 6) is -0.392. The van der Waals surface area contributed by atoms with Crippen molar-refractivity contribution in [1.29, 1.82) is 5.26 Å². The summed E-state index contributed by atoms with van der Waals surface area (Å²) in [5, 5.41) is 15.8. The van der Waals surface area contributed by atoms with Crippen LogP contribution >= 0.6 is 0 Å². The maximum absolute atomic E-state index is 12.6. The molecule has 1 aromatic heterocycles. The van der Waals surface area contributed by atoms with Gasteiger partial charge in [0.1, 0.15) is 6.04 Å². The van der Waals surface area contributed by atoms with Crippen LogP contribution in [0, 0.1) is 11.3 Å². The monoisotopic (exact) mass is 359 g/mol. The SMILES string of the molecule is CC[C@H](C(=O)Nc1cccc(C#N)c1)n1ncc(-c2ccccc2)nc1=O. The molecule has 0 aliphatic rings. The Morgan fingerprint density at radius 1 is 1.22 bits per heavy atom. The van der Waals surface area contributed by atoms with Crippen LogP contribution in [0.5, 0.6) is 0 Å². The molecular weight excluding hydrogens is 342 g/mol. The average molecular weight is 359 g/mol. The number of hydrogen-bond acceptors (Lipinski definition) is 5. The summed E-state index contributed by atoms with van der Waals surface area (Å²) in [4.78, 5) is 29.1. The van der Waals surface area contributed by atoms with Gasteiger partial charge in [0.05, 0.1) is 23.5 Å². The number of nitrogens with zero attached hydrogens (tertiary/aromatic N) is 4. The molecule has 27 heavy (non-hydrogen) atoms. The molecule has 7 heteroatoms. The molecule has 0 aliphatic heterocycles. The van der Waals surface area contributed by atoms with Crippen molar-refractivity contribution < 1.29 is 4.79 Å². The number of aromatic nitrogens is 3. The van der Waals surface area contributed by atoms with Gasteiger partial charge in [-0.15, -0.1) is 0 Å². The van der Waals surface area contributed by atoms with Crippen molar-refractivity contribution in [3.8, 4) is 17.3 Å². The molecule has 1 atom stereocenters. The Balaban J connectivity index is 1.85. The number of benzene rings is 2. The van der Waals surface area contributed by atoms with Crippen LogP contribution in [-0.4, -0.2) is 20.7 Å². The summed E-state index contributed by atoms with van der Waals surface area (Å²) < 4.78 is 1.08. The second-order valence-electron chi connectivity index (χ2n) is 5.84. The molecule has 2 aromatic carbocycles. The summed E-state index contributed by atoms with van der Waals surface area (Å²) in [6, 6.07) is 17.0. The fourth-order valence-corrected chi connectivity index (χ4v) is 2.67. The first kappa shape index (κ1) is 18.0. The molecule has 0 spiro atoms. The minimum atomic E-state index is -0.805. The van der Waals surface area contributed by atoms with Crippen LogP contribution in [0.4, 0.5) is 5.69 Å². The Labute approximate surface area is 155 Å². The molecule has 7 nitrogen and oxygen atoms in total. The van der Waals surface area contributed by atoms with E-state index >= 15 is 0 Å². The van der Waals surface area contributed by atoms with Gasteiger partial charge in [0.2, 0.25) is 5.91 Å². The zero-order valence-corrected chi connectivity index (χ0v) is 14.7. The van der Waals surface area contributed by atoms with Crippen molar-refractivity contribution in [3.05, 3.63) is 76.8 Å². The first-order valence-electron chi connectivity index (χ1n) is 8.44. The minimum Gasteiger partial charge on any atom is -0.324 e. The summed E-state index contributed by atoms with van der Waals surface area (Å²) in [5.41, 5.74) is 1.56. The van der Waals surface area contributed by atoms with Crippen LogP contribution in [-0.2, 0) is 4.79 Å². The Kier molecular flexibility index (Phi) is 5.38. The van der Waals surface area contributed by atoms with Gasteiger partial charge in [-0.1, -0.05) is 43.3 Å². The fourth-order valence-electron chi connectivity index (χ4n) is 2.67. The zero-order valence-electron chi connectivity index (χ0n) is 14.7. The third-order valence-corrected chi connectivity index (χ3v) is 4.03. The molecule has 0 saturated heterocycles. The van der Waals surface area contributed by atoms with Gasteiger partial charge in [-0.3, -0.25) is 4.79 Å². The molecule has 1 N–H and O–H groups in total. The quantitative estimate of drug-likeness (QED) is 0.755. The average Bonchev–Trinajstić information content (AvgIpc) is 2.70. The molecular formula is C20H17N5O2. The van der Waals surface area contributed by atoms with Crippen molar-refractivity contribution in [2.24, 2.45) is 0 Å². The number of amides is 1. The number of carbonyl (C=O) groups is 1. The molecule has 0 unspecified atom stereocenters. The highest BCUT2D eigenvalue weighted by atomic mass is 16.2. The van der Waals surface area contributed by atoms with E-state index in [4.69, 9.17) is 5.26 Å². The molecule has 134 valence electrons. The number of hydrogen-bond donors (Lipinski definition) is 1. The molecule has 1 heterocycles. The van der Waals surface area contributed by atoms with Gasteiger partial charge >= 0.3 is 5.69 Å². The van der Waals surface area contributed by atoms with E-state index in [0.29, 0.717) is 23.4 Å². The van der Waals surface area contributed by atoms with E-state index in [-0.39, 0.29) is 0 Å². The van der Waals surface area contributed by atoms with Crippen molar-refractivity contribution in [2.75, 3.05) is 5.32 Å². The molecule has 0 saturated carbocycles. The standard InChI is InChI=1S/C20H17N5O2/c1-2-18(19(26)23-16-10-6-7-14(11-16)12-21)25-20(27)24-17(13-22-25)15-8-4-3-5-9-15/h3-11,13,18H,2H2,1H3,(H,23,26)/t18-/m1/s1. The van der Waals surface area contributed by atoms with E-state index in [1.165, 1.54) is 6.20 Å². The highest BCUT2D eigenvalue weighted by molar-refractivity contribution is 5.93. The van der Waals surface area contributed by atoms with Crippen LogP contribution in [0.1, 0.15) is 24.9 Å². The van der Waals surface area contributed by atoms with E-state index in [9.17, 15) is 9.59 Å². The Morgan fingerprint density at radius 3 is 2.67 bits per heavy atom. The summed E-state index contributed by atoms with van der Waals surface area (Å²) >= 11 is 0. The molecule has 0 aliphatic carbocycles. The van der Waals surface area contributed by atoms with Gasteiger partial charge in [0, 0.05) is 11.3 Å². The predicted molar refractivity (Wildman–Crippen MR) is 101 cm³/mol. The van der Waals surface area contributed by atoms with Crippen LogP contribution in [0.2, 0.25) is 0 Å². The topological polar surface area (TPSA) is 101 Å². The van der Waals surface area contributed by atoms with E-state index in [2.05, 4.69) is 15.4 Å². The number of anilines is 1. The van der Waals surface area contributed by atoms with E-state index in [1.54, 1.807) is 31.2 Å². The van der Waals surface area contributed by atoms with Crippen molar-refractivity contribution >= 4 is 11.6 Å². The molecule has 0 bridgehead atoms. The molecule has 0 fully saturated rings. The maximum atomic E-state index is 12.6. The first-order chi connectivity index (χ1) is 13.1. The van der Waals surface area contributed by atoms with Crippen LogP contribution < -0.4 is 11.0 Å². The Hall–Kier alpha value is -3.79. The molecule has 3 rings (SSSR count). The number of nitriles is 1. The Morgan fingerprint density at radius 2 is 2.00 bits per heavy atom. The largest absolute Gasteiger partial charge is 0.365 e. The lowest BCUT2D eigenvalue weighted by molar-refractivity contribution is -0.119. The smallest absolute Gasteiger partial charge is 0.324 e. The lowest BCUT2D eigenvalue weighted by Gasteiger charge is -2.16. The predicted octanol–water partition coefficient (Wildman–Crippen LogP) is 2.77. The second-order valence-corrected chi connectivity index (χ2v) is 5.84. The lowest BCUT2D eigenvalue weighted by Crippen LogP contribution is -2.36.